The zero-order valence-electron chi connectivity index (χ0n) is 12.2. The molecule has 2 N–H and O–H groups in total. The molecule has 1 amide bonds. The van der Waals surface area contributed by atoms with Crippen LogP contribution in [0.15, 0.2) is 0 Å². The summed E-state index contributed by atoms with van der Waals surface area (Å²) >= 11 is 0. The molecule has 0 aromatic rings. The summed E-state index contributed by atoms with van der Waals surface area (Å²) in [5.41, 5.74) is 0.322. The van der Waals surface area contributed by atoms with Crippen LogP contribution in [-0.4, -0.2) is 23.7 Å². The van der Waals surface area contributed by atoms with Crippen LogP contribution < -0.4 is 5.32 Å². The van der Waals surface area contributed by atoms with Gasteiger partial charge in [0.15, 0.2) is 0 Å². The van der Waals surface area contributed by atoms with E-state index in [4.69, 9.17) is 0 Å². The highest BCUT2D eigenvalue weighted by Gasteiger charge is 2.42. The van der Waals surface area contributed by atoms with E-state index in [9.17, 15) is 9.90 Å². The zero-order chi connectivity index (χ0) is 13.6. The van der Waals surface area contributed by atoms with Crippen molar-refractivity contribution in [2.24, 2.45) is 11.3 Å². The summed E-state index contributed by atoms with van der Waals surface area (Å²) in [5, 5.41) is 12.8. The molecule has 0 spiro atoms. The van der Waals surface area contributed by atoms with Crippen LogP contribution in [0.2, 0.25) is 0 Å². The van der Waals surface area contributed by atoms with E-state index in [1.165, 1.54) is 25.7 Å². The lowest BCUT2D eigenvalue weighted by molar-refractivity contribution is -0.119. The Kier molecular flexibility index (Phi) is 6.13. The van der Waals surface area contributed by atoms with Crippen molar-refractivity contribution in [2.75, 3.05) is 6.54 Å². The average Bonchev–Trinajstić information content (AvgIpc) is 2.30. The van der Waals surface area contributed by atoms with Gasteiger partial charge in [-0.2, -0.15) is 0 Å². The second kappa shape index (κ2) is 7.13. The number of amides is 1. The van der Waals surface area contributed by atoms with Crippen LogP contribution in [0.3, 0.4) is 0 Å². The lowest BCUT2D eigenvalue weighted by Crippen LogP contribution is -2.41. The summed E-state index contributed by atoms with van der Waals surface area (Å²) < 4.78 is 0. The molecule has 0 saturated heterocycles. The van der Waals surface area contributed by atoms with E-state index in [-0.39, 0.29) is 12.0 Å². The van der Waals surface area contributed by atoms with Gasteiger partial charge in [-0.25, -0.2) is 0 Å². The Morgan fingerprint density at radius 3 is 2.78 bits per heavy atom. The Morgan fingerprint density at radius 1 is 1.39 bits per heavy atom. The van der Waals surface area contributed by atoms with Crippen molar-refractivity contribution in [3.05, 3.63) is 0 Å². The van der Waals surface area contributed by atoms with Crippen molar-refractivity contribution in [2.45, 2.75) is 71.8 Å². The molecule has 2 aliphatic carbocycles. The summed E-state index contributed by atoms with van der Waals surface area (Å²) in [7, 11) is 0. The van der Waals surface area contributed by atoms with Gasteiger partial charge in [0, 0.05) is 13.5 Å². The molecule has 0 aromatic carbocycles. The predicted molar refractivity (Wildman–Crippen MR) is 74.3 cm³/mol. The molecule has 0 radical (unpaired) electrons. The molecule has 3 unspecified atom stereocenters. The number of carbonyl (C=O) groups is 1. The molecule has 2 bridgehead atoms. The van der Waals surface area contributed by atoms with Gasteiger partial charge in [0.25, 0.3) is 0 Å². The minimum atomic E-state index is -0.101. The molecule has 0 aliphatic heterocycles. The molecule has 106 valence electrons. The first-order chi connectivity index (χ1) is 8.60. The van der Waals surface area contributed by atoms with Crippen LogP contribution in [0.1, 0.15) is 65.7 Å². The Bertz CT molecular complexity index is 263. The van der Waals surface area contributed by atoms with Gasteiger partial charge in [0.1, 0.15) is 0 Å². The Morgan fingerprint density at radius 2 is 2.11 bits per heavy atom. The summed E-state index contributed by atoms with van der Waals surface area (Å²) in [6, 6.07) is 0. The van der Waals surface area contributed by atoms with Crippen molar-refractivity contribution in [1.29, 1.82) is 0 Å². The third-order valence-corrected chi connectivity index (χ3v) is 4.34. The van der Waals surface area contributed by atoms with Crippen LogP contribution in [-0.2, 0) is 4.79 Å². The normalized spacial score (nSPS) is 34.2. The topological polar surface area (TPSA) is 49.3 Å². The van der Waals surface area contributed by atoms with Crippen molar-refractivity contribution in [3.8, 4) is 0 Å². The van der Waals surface area contributed by atoms with E-state index in [0.29, 0.717) is 5.41 Å². The standard InChI is InChI=1S/C13H23NO2.C2H6/c1-10(15)14-6-5-13-4-2-3-11(8-13)7-12(16)9-13;1-2/h11-12,16H,2-9H2,1H3,(H,14,15);1-2H3. The third kappa shape index (κ3) is 4.27. The maximum atomic E-state index is 10.9. The number of nitrogens with one attached hydrogen (secondary N) is 1. The SMILES string of the molecule is CC.CC(=O)NCCC12CCCC(CC(O)C1)C2. The van der Waals surface area contributed by atoms with Gasteiger partial charge in [0.2, 0.25) is 5.91 Å². The minimum absolute atomic E-state index is 0.0557. The van der Waals surface area contributed by atoms with Gasteiger partial charge in [0.05, 0.1) is 6.10 Å². The number of aliphatic hydroxyl groups is 1. The first-order valence-corrected chi connectivity index (χ1v) is 7.52. The van der Waals surface area contributed by atoms with Crippen LogP contribution >= 0.6 is 0 Å². The molecule has 2 fully saturated rings. The van der Waals surface area contributed by atoms with Gasteiger partial charge >= 0.3 is 0 Å². The fourth-order valence-electron chi connectivity index (χ4n) is 3.77. The van der Waals surface area contributed by atoms with E-state index >= 15 is 0 Å². The van der Waals surface area contributed by atoms with Crippen molar-refractivity contribution >= 4 is 5.91 Å². The number of hydrogen-bond acceptors (Lipinski definition) is 2. The van der Waals surface area contributed by atoms with E-state index < -0.39 is 0 Å². The first kappa shape index (κ1) is 15.5. The molecule has 3 heteroatoms. The highest BCUT2D eigenvalue weighted by Crippen LogP contribution is 2.50. The summed E-state index contributed by atoms with van der Waals surface area (Å²) in [4.78, 5) is 10.9. The first-order valence-electron chi connectivity index (χ1n) is 7.52. The van der Waals surface area contributed by atoms with Gasteiger partial charge in [-0.15, -0.1) is 0 Å². The molecule has 3 nitrogen and oxygen atoms in total. The Labute approximate surface area is 111 Å². The quantitative estimate of drug-likeness (QED) is 0.814. The van der Waals surface area contributed by atoms with Crippen LogP contribution in [0.4, 0.5) is 0 Å². The second-order valence-corrected chi connectivity index (χ2v) is 5.79. The van der Waals surface area contributed by atoms with Crippen molar-refractivity contribution in [3.63, 3.8) is 0 Å². The Hall–Kier alpha value is -0.570. The Balaban J connectivity index is 0.000000771. The maximum Gasteiger partial charge on any atom is 0.216 e. The summed E-state index contributed by atoms with van der Waals surface area (Å²) in [5.74, 6) is 0.787. The number of fused-ring (bicyclic) bond motifs is 2. The fourth-order valence-corrected chi connectivity index (χ4v) is 3.77. The monoisotopic (exact) mass is 255 g/mol. The van der Waals surface area contributed by atoms with Gasteiger partial charge in [-0.3, -0.25) is 4.79 Å². The highest BCUT2D eigenvalue weighted by molar-refractivity contribution is 5.72. The van der Waals surface area contributed by atoms with Crippen LogP contribution in [0, 0.1) is 11.3 Å². The highest BCUT2D eigenvalue weighted by atomic mass is 16.3. The molecular formula is C15H29NO2. The predicted octanol–water partition coefficient (Wildman–Crippen LogP) is 2.87. The largest absolute Gasteiger partial charge is 0.393 e. The molecule has 2 aliphatic rings. The lowest BCUT2D eigenvalue weighted by atomic mass is 9.60. The van der Waals surface area contributed by atoms with Gasteiger partial charge < -0.3 is 10.4 Å². The van der Waals surface area contributed by atoms with Crippen molar-refractivity contribution in [1.82, 2.24) is 5.32 Å². The minimum Gasteiger partial charge on any atom is -0.393 e. The van der Waals surface area contributed by atoms with Crippen molar-refractivity contribution < 1.29 is 9.90 Å². The van der Waals surface area contributed by atoms with Gasteiger partial charge in [-0.1, -0.05) is 26.7 Å². The molecule has 0 heterocycles. The van der Waals surface area contributed by atoms with E-state index in [1.807, 2.05) is 13.8 Å². The number of aliphatic hydroxyl groups excluding tert-OH is 1. The van der Waals surface area contributed by atoms with E-state index in [2.05, 4.69) is 5.32 Å². The summed E-state index contributed by atoms with van der Waals surface area (Å²) in [6.45, 7) is 6.34. The lowest BCUT2D eigenvalue weighted by Gasteiger charge is -2.47. The molecular weight excluding hydrogens is 226 g/mol. The van der Waals surface area contributed by atoms with E-state index in [0.717, 1.165) is 31.7 Å². The van der Waals surface area contributed by atoms with Crippen LogP contribution in [0.25, 0.3) is 0 Å². The molecule has 2 rings (SSSR count). The third-order valence-electron chi connectivity index (χ3n) is 4.34. The maximum absolute atomic E-state index is 10.9. The second-order valence-electron chi connectivity index (χ2n) is 5.79. The molecule has 2 saturated carbocycles. The molecule has 0 aromatic heterocycles. The van der Waals surface area contributed by atoms with Crippen LogP contribution in [0.5, 0.6) is 0 Å². The average molecular weight is 255 g/mol. The number of carbonyl (C=O) groups excluding carboxylic acids is 1. The smallest absolute Gasteiger partial charge is 0.216 e. The molecule has 18 heavy (non-hydrogen) atoms. The zero-order valence-corrected chi connectivity index (χ0v) is 12.2. The molecule has 3 atom stereocenters. The number of rotatable bonds is 3. The van der Waals surface area contributed by atoms with E-state index in [1.54, 1.807) is 6.92 Å². The number of hydrogen-bond donors (Lipinski definition) is 2. The van der Waals surface area contributed by atoms with Gasteiger partial charge in [-0.05, 0) is 43.4 Å². The fraction of sp³-hybridized carbons (Fsp3) is 0.933. The summed E-state index contributed by atoms with van der Waals surface area (Å²) in [6.07, 6.45) is 7.99.